The van der Waals surface area contributed by atoms with Gasteiger partial charge in [-0.15, -0.1) is 0 Å². The molecule has 1 unspecified atom stereocenters. The van der Waals surface area contributed by atoms with E-state index >= 15 is 0 Å². The lowest BCUT2D eigenvalue weighted by molar-refractivity contribution is -0.102. The molecule has 0 spiro atoms. The number of methoxy groups -OCH3 is 1. The Balaban J connectivity index is 2.66. The summed E-state index contributed by atoms with van der Waals surface area (Å²) in [7, 11) is 1.41. The minimum atomic E-state index is -4.65. The molecule has 0 aliphatic carbocycles. The zero-order valence-corrected chi connectivity index (χ0v) is 11.5. The van der Waals surface area contributed by atoms with Crippen LogP contribution < -0.4 is 21.5 Å². The van der Waals surface area contributed by atoms with E-state index < -0.39 is 17.4 Å². The molecule has 0 bridgehead atoms. The number of aliphatic imine (C=N–C) groups is 1. The van der Waals surface area contributed by atoms with Gasteiger partial charge in [0.1, 0.15) is 5.75 Å². The summed E-state index contributed by atoms with van der Waals surface area (Å²) in [6, 6.07) is 4.68. The fraction of sp³-hybridized carbons (Fsp3) is 0.308. The van der Waals surface area contributed by atoms with Gasteiger partial charge < -0.3 is 15.8 Å². The molecule has 2 rings (SSSR count). The van der Waals surface area contributed by atoms with Crippen molar-refractivity contribution < 1.29 is 17.9 Å². The van der Waals surface area contributed by atoms with Gasteiger partial charge in [0.15, 0.2) is 11.6 Å². The molecule has 5 nitrogen and oxygen atoms in total. The van der Waals surface area contributed by atoms with E-state index in [-0.39, 0.29) is 11.5 Å². The third-order valence-electron chi connectivity index (χ3n) is 3.23. The van der Waals surface area contributed by atoms with Crippen molar-refractivity contribution in [2.45, 2.75) is 18.8 Å². The van der Waals surface area contributed by atoms with E-state index in [0.29, 0.717) is 11.3 Å². The molecule has 1 aromatic rings. The van der Waals surface area contributed by atoms with Crippen LogP contribution in [0.5, 0.6) is 5.75 Å². The maximum absolute atomic E-state index is 13.2. The van der Waals surface area contributed by atoms with Crippen molar-refractivity contribution in [3.05, 3.63) is 41.1 Å². The average molecular weight is 300 g/mol. The quantitative estimate of drug-likeness (QED) is 0.772. The molecule has 8 heteroatoms. The molecular weight excluding hydrogens is 285 g/mol. The highest BCUT2D eigenvalue weighted by Gasteiger charge is 2.49. The molecule has 1 aliphatic heterocycles. The van der Waals surface area contributed by atoms with Gasteiger partial charge in [0.2, 0.25) is 0 Å². The highest BCUT2D eigenvalue weighted by Crippen LogP contribution is 2.42. The van der Waals surface area contributed by atoms with E-state index in [2.05, 4.69) is 10.3 Å². The second-order valence-corrected chi connectivity index (χ2v) is 4.64. The number of benzene rings is 1. The summed E-state index contributed by atoms with van der Waals surface area (Å²) in [5, 5.41) is 2.25. The molecule has 114 valence electrons. The number of rotatable bonds is 2. The molecule has 1 heterocycles. The van der Waals surface area contributed by atoms with E-state index in [4.69, 9.17) is 16.2 Å². The fourth-order valence-corrected chi connectivity index (χ4v) is 2.18. The smallest absolute Gasteiger partial charge is 0.418 e. The maximum atomic E-state index is 13.2. The van der Waals surface area contributed by atoms with Crippen LogP contribution in [0.25, 0.3) is 0 Å². The first kappa shape index (κ1) is 15.2. The van der Waals surface area contributed by atoms with Crippen LogP contribution in [0.4, 0.5) is 13.2 Å². The molecule has 1 aliphatic rings. The summed E-state index contributed by atoms with van der Waals surface area (Å²) in [6.45, 7) is 1.64. The van der Waals surface area contributed by atoms with Gasteiger partial charge in [-0.2, -0.15) is 13.2 Å². The van der Waals surface area contributed by atoms with Gasteiger partial charge in [-0.3, -0.25) is 5.73 Å². The number of guanidine groups is 1. The van der Waals surface area contributed by atoms with Gasteiger partial charge in [0, 0.05) is 11.8 Å². The third kappa shape index (κ3) is 2.66. The Labute approximate surface area is 119 Å². The van der Waals surface area contributed by atoms with E-state index in [0.717, 1.165) is 6.20 Å². The van der Waals surface area contributed by atoms with Gasteiger partial charge in [-0.25, -0.2) is 4.99 Å². The van der Waals surface area contributed by atoms with Crippen molar-refractivity contribution in [3.63, 3.8) is 0 Å². The number of nitrogens with zero attached hydrogens (tertiary/aromatic N) is 1. The SMILES string of the molecule is COc1ccc(C)c(C2(N)N=C(N)NC=C2C(F)(F)F)c1. The minimum absolute atomic E-state index is 0.176. The average Bonchev–Trinajstić information content (AvgIpc) is 2.37. The van der Waals surface area contributed by atoms with E-state index in [1.165, 1.54) is 13.2 Å². The largest absolute Gasteiger partial charge is 0.497 e. The lowest BCUT2D eigenvalue weighted by Gasteiger charge is -2.34. The number of ether oxygens (including phenoxy) is 1. The molecule has 0 saturated carbocycles. The van der Waals surface area contributed by atoms with Crippen LogP contribution in [0.1, 0.15) is 11.1 Å². The molecule has 0 fully saturated rings. The number of alkyl halides is 3. The van der Waals surface area contributed by atoms with Crippen LogP contribution in [0.2, 0.25) is 0 Å². The van der Waals surface area contributed by atoms with Gasteiger partial charge in [-0.1, -0.05) is 6.07 Å². The topological polar surface area (TPSA) is 85.7 Å². The Morgan fingerprint density at radius 2 is 2.00 bits per heavy atom. The summed E-state index contributed by atoms with van der Waals surface area (Å²) < 4.78 is 44.7. The van der Waals surface area contributed by atoms with Crippen LogP contribution in [0.15, 0.2) is 35.0 Å². The molecule has 0 aromatic heterocycles. The van der Waals surface area contributed by atoms with Crippen molar-refractivity contribution in [1.82, 2.24) is 5.32 Å². The highest BCUT2D eigenvalue weighted by atomic mass is 19.4. The van der Waals surface area contributed by atoms with E-state index in [1.807, 2.05) is 0 Å². The van der Waals surface area contributed by atoms with Crippen LogP contribution in [-0.2, 0) is 5.66 Å². The van der Waals surface area contributed by atoms with Gasteiger partial charge >= 0.3 is 6.18 Å². The first-order valence-corrected chi connectivity index (χ1v) is 6.02. The predicted molar refractivity (Wildman–Crippen MR) is 72.5 cm³/mol. The Kier molecular flexibility index (Phi) is 3.58. The second kappa shape index (κ2) is 4.96. The highest BCUT2D eigenvalue weighted by molar-refractivity contribution is 5.81. The number of aryl methyl sites for hydroxylation is 1. The summed E-state index contributed by atoms with van der Waals surface area (Å²) in [5.41, 5.74) is 9.04. The van der Waals surface area contributed by atoms with Crippen molar-refractivity contribution in [1.29, 1.82) is 0 Å². The van der Waals surface area contributed by atoms with Crippen LogP contribution in [0.3, 0.4) is 0 Å². The summed E-state index contributed by atoms with van der Waals surface area (Å²) in [6.07, 6.45) is -3.91. The van der Waals surface area contributed by atoms with Gasteiger partial charge in [0.05, 0.1) is 12.7 Å². The van der Waals surface area contributed by atoms with E-state index in [1.54, 1.807) is 19.1 Å². The van der Waals surface area contributed by atoms with Crippen molar-refractivity contribution in [2.24, 2.45) is 16.5 Å². The van der Waals surface area contributed by atoms with Crippen molar-refractivity contribution >= 4 is 5.96 Å². The number of nitrogens with one attached hydrogen (secondary N) is 1. The lowest BCUT2D eigenvalue weighted by Crippen LogP contribution is -2.49. The summed E-state index contributed by atoms with van der Waals surface area (Å²) in [5.74, 6) is 0.196. The zero-order chi connectivity index (χ0) is 15.8. The van der Waals surface area contributed by atoms with Crippen molar-refractivity contribution in [3.8, 4) is 5.75 Å². The second-order valence-electron chi connectivity index (χ2n) is 4.64. The molecular formula is C13H15F3N4O. The van der Waals surface area contributed by atoms with Crippen molar-refractivity contribution in [2.75, 3.05) is 7.11 Å². The fourth-order valence-electron chi connectivity index (χ4n) is 2.18. The van der Waals surface area contributed by atoms with Gasteiger partial charge in [0.25, 0.3) is 0 Å². The van der Waals surface area contributed by atoms with E-state index in [9.17, 15) is 13.2 Å². The Hall–Kier alpha value is -2.22. The number of halogens is 3. The first-order chi connectivity index (χ1) is 9.68. The monoisotopic (exact) mass is 300 g/mol. The Morgan fingerprint density at radius 1 is 1.33 bits per heavy atom. The predicted octanol–water partition coefficient (Wildman–Crippen LogP) is 1.48. The number of hydrogen-bond donors (Lipinski definition) is 3. The minimum Gasteiger partial charge on any atom is -0.497 e. The molecule has 1 aromatic carbocycles. The molecule has 5 N–H and O–H groups in total. The first-order valence-electron chi connectivity index (χ1n) is 6.02. The van der Waals surface area contributed by atoms with Crippen LogP contribution in [-0.4, -0.2) is 19.2 Å². The Morgan fingerprint density at radius 3 is 2.57 bits per heavy atom. The molecule has 0 saturated heterocycles. The van der Waals surface area contributed by atoms with Crippen LogP contribution in [0, 0.1) is 6.92 Å². The third-order valence-corrected chi connectivity index (χ3v) is 3.23. The summed E-state index contributed by atoms with van der Waals surface area (Å²) >= 11 is 0. The van der Waals surface area contributed by atoms with Crippen LogP contribution >= 0.6 is 0 Å². The maximum Gasteiger partial charge on any atom is 0.418 e. The lowest BCUT2D eigenvalue weighted by atomic mass is 9.88. The Bertz CT molecular complexity index is 624. The van der Waals surface area contributed by atoms with Gasteiger partial charge in [-0.05, 0) is 24.6 Å². The normalized spacial score (nSPS) is 22.2. The molecule has 0 radical (unpaired) electrons. The molecule has 1 atom stereocenters. The number of nitrogens with two attached hydrogens (primary N) is 2. The standard InChI is InChI=1S/C13H15F3N4O/c1-7-3-4-8(21-2)5-9(7)12(18)10(13(14,15)16)6-19-11(17)20-12/h3-6H,18H2,1-2H3,(H3,17,19,20). The number of hydrogen-bond acceptors (Lipinski definition) is 5. The summed E-state index contributed by atoms with van der Waals surface area (Å²) in [4.78, 5) is 3.79. The molecule has 0 amide bonds. The zero-order valence-electron chi connectivity index (χ0n) is 11.5. The molecule has 21 heavy (non-hydrogen) atoms.